The van der Waals surface area contributed by atoms with Crippen LogP contribution in [0.3, 0.4) is 0 Å². The van der Waals surface area contributed by atoms with E-state index in [1.54, 1.807) is 0 Å². The van der Waals surface area contributed by atoms with Gasteiger partial charge < -0.3 is 9.80 Å². The van der Waals surface area contributed by atoms with Crippen LogP contribution in [0.15, 0.2) is 231 Å². The average molecular weight is 751 g/mol. The van der Waals surface area contributed by atoms with Crippen molar-refractivity contribution < 1.29 is 0 Å². The van der Waals surface area contributed by atoms with Crippen LogP contribution >= 0.6 is 0 Å². The Kier molecular flexibility index (Phi) is 7.48. The minimum atomic E-state index is -0.589. The second kappa shape index (κ2) is 13.2. The molecule has 2 aliphatic rings. The summed E-state index contributed by atoms with van der Waals surface area (Å²) >= 11 is 0. The van der Waals surface area contributed by atoms with E-state index in [1.165, 1.54) is 71.7 Å². The second-order valence-electron chi connectivity index (χ2n) is 15.6. The number of nitrogens with zero attached hydrogens (tertiary/aromatic N) is 2. The van der Waals surface area contributed by atoms with Gasteiger partial charge in [-0.25, -0.2) is 0 Å². The Labute approximate surface area is 344 Å². The fourth-order valence-electron chi connectivity index (χ4n) is 10.3. The van der Waals surface area contributed by atoms with Gasteiger partial charge in [-0.1, -0.05) is 170 Å². The van der Waals surface area contributed by atoms with Gasteiger partial charge in [0.05, 0.1) is 16.8 Å². The summed E-state index contributed by atoms with van der Waals surface area (Å²) in [5.74, 6) is 0. The lowest BCUT2D eigenvalue weighted by Gasteiger charge is -2.33. The molecule has 2 aliphatic carbocycles. The van der Waals surface area contributed by atoms with Gasteiger partial charge in [0, 0.05) is 33.9 Å². The van der Waals surface area contributed by atoms with E-state index < -0.39 is 5.41 Å². The van der Waals surface area contributed by atoms with Gasteiger partial charge >= 0.3 is 0 Å². The molecule has 12 rings (SSSR count). The lowest BCUT2D eigenvalue weighted by molar-refractivity contribution is 0.801. The first-order valence-electron chi connectivity index (χ1n) is 20.4. The highest BCUT2D eigenvalue weighted by Gasteiger charge is 2.54. The molecule has 59 heavy (non-hydrogen) atoms. The molecule has 2 heteroatoms. The van der Waals surface area contributed by atoms with Crippen LogP contribution in [0, 0.1) is 0 Å². The van der Waals surface area contributed by atoms with Crippen molar-refractivity contribution in [3.8, 4) is 22.3 Å². The largest absolute Gasteiger partial charge is 0.310 e. The molecular weight excluding hydrogens is 713 g/mol. The van der Waals surface area contributed by atoms with Crippen LogP contribution < -0.4 is 9.80 Å². The summed E-state index contributed by atoms with van der Waals surface area (Å²) < 4.78 is 0. The Balaban J connectivity index is 1.21. The Morgan fingerprint density at radius 2 is 0.780 bits per heavy atom. The second-order valence-corrected chi connectivity index (χ2v) is 15.6. The average Bonchev–Trinajstić information content (AvgIpc) is 3.79. The standard InChI is InChI=1S/C57H38N2/c1-4-22-42(23-5-1)58(43-24-6-2-7-25-43)53-38-41-21-12-13-28-46(41)56-55(53)48-30-15-17-32-50(48)57(56)49-31-16-14-29-47(49)54-51(57)33-18-34-52(54)59(44-26-8-3-9-27-44)45-36-35-39-19-10-11-20-40(39)37-45/h1-38H. The van der Waals surface area contributed by atoms with Crippen LogP contribution in [-0.2, 0) is 5.41 Å². The Bertz CT molecular complexity index is 3190. The first kappa shape index (κ1) is 33.5. The number of anilines is 6. The summed E-state index contributed by atoms with van der Waals surface area (Å²) in [5.41, 5.74) is 16.6. The highest BCUT2D eigenvalue weighted by molar-refractivity contribution is 6.11. The molecule has 1 spiro atoms. The number of para-hydroxylation sites is 3. The Hall–Kier alpha value is -7.68. The van der Waals surface area contributed by atoms with Crippen LogP contribution in [0.25, 0.3) is 43.8 Å². The number of fused-ring (bicyclic) bond motifs is 13. The van der Waals surface area contributed by atoms with Gasteiger partial charge in [-0.15, -0.1) is 0 Å². The lowest BCUT2D eigenvalue weighted by Crippen LogP contribution is -2.26. The summed E-state index contributed by atoms with van der Waals surface area (Å²) in [6, 6.07) is 84.8. The fraction of sp³-hybridized carbons (Fsp3) is 0.0175. The fourth-order valence-corrected chi connectivity index (χ4v) is 10.3. The molecule has 276 valence electrons. The van der Waals surface area contributed by atoms with Gasteiger partial charge in [0.2, 0.25) is 0 Å². The van der Waals surface area contributed by atoms with E-state index >= 15 is 0 Å². The Morgan fingerprint density at radius 3 is 1.42 bits per heavy atom. The number of hydrogen-bond donors (Lipinski definition) is 0. The molecule has 10 aromatic carbocycles. The summed E-state index contributed by atoms with van der Waals surface area (Å²) in [6.45, 7) is 0. The Morgan fingerprint density at radius 1 is 0.288 bits per heavy atom. The molecule has 0 saturated carbocycles. The zero-order valence-corrected chi connectivity index (χ0v) is 32.3. The van der Waals surface area contributed by atoms with E-state index in [9.17, 15) is 0 Å². The third-order valence-corrected chi connectivity index (χ3v) is 12.6. The summed E-state index contributed by atoms with van der Waals surface area (Å²) in [6.07, 6.45) is 0. The molecule has 0 radical (unpaired) electrons. The van der Waals surface area contributed by atoms with Crippen molar-refractivity contribution in [2.24, 2.45) is 0 Å². The number of benzene rings is 10. The maximum atomic E-state index is 2.46. The van der Waals surface area contributed by atoms with E-state index in [0.29, 0.717) is 0 Å². The number of hydrogen-bond acceptors (Lipinski definition) is 2. The van der Waals surface area contributed by atoms with Crippen LogP contribution in [0.4, 0.5) is 34.1 Å². The van der Waals surface area contributed by atoms with Crippen molar-refractivity contribution in [2.45, 2.75) is 5.41 Å². The molecule has 1 unspecified atom stereocenters. The quantitative estimate of drug-likeness (QED) is 0.167. The zero-order valence-electron chi connectivity index (χ0n) is 32.3. The lowest BCUT2D eigenvalue weighted by atomic mass is 9.69. The molecule has 0 bridgehead atoms. The van der Waals surface area contributed by atoms with Crippen molar-refractivity contribution in [1.82, 2.24) is 0 Å². The van der Waals surface area contributed by atoms with Gasteiger partial charge in [-0.05, 0) is 116 Å². The molecular formula is C57H38N2. The number of rotatable bonds is 6. The molecule has 0 fully saturated rings. The van der Waals surface area contributed by atoms with Gasteiger partial charge in [-0.3, -0.25) is 0 Å². The monoisotopic (exact) mass is 750 g/mol. The molecule has 1 atom stereocenters. The summed E-state index contributed by atoms with van der Waals surface area (Å²) in [7, 11) is 0. The molecule has 2 nitrogen and oxygen atoms in total. The van der Waals surface area contributed by atoms with E-state index in [0.717, 1.165) is 28.4 Å². The van der Waals surface area contributed by atoms with Gasteiger partial charge in [0.1, 0.15) is 0 Å². The summed E-state index contributed by atoms with van der Waals surface area (Å²) in [5, 5.41) is 4.93. The maximum absolute atomic E-state index is 2.46. The molecule has 0 aliphatic heterocycles. The highest BCUT2D eigenvalue weighted by atomic mass is 15.2. The first-order chi connectivity index (χ1) is 29.3. The molecule has 0 N–H and O–H groups in total. The smallest absolute Gasteiger partial charge is 0.0733 e. The van der Waals surface area contributed by atoms with Gasteiger partial charge in [-0.2, -0.15) is 0 Å². The molecule has 0 heterocycles. The third kappa shape index (κ3) is 4.87. The molecule has 0 aromatic heterocycles. The molecule has 0 amide bonds. The minimum absolute atomic E-state index is 0.589. The van der Waals surface area contributed by atoms with Crippen LogP contribution in [-0.4, -0.2) is 0 Å². The predicted molar refractivity (Wildman–Crippen MR) is 247 cm³/mol. The SMILES string of the molecule is c1ccc(N(c2ccc3ccccc3c2)c2cccc3c2-c2ccccc2C32c3ccccc3-c3c(N(c4ccccc4)c4ccccc4)cc4ccccc4c32)cc1. The van der Waals surface area contributed by atoms with Gasteiger partial charge in [0.25, 0.3) is 0 Å². The molecule has 10 aromatic rings. The van der Waals surface area contributed by atoms with Crippen molar-refractivity contribution in [3.05, 3.63) is 253 Å². The highest BCUT2D eigenvalue weighted by Crippen LogP contribution is 2.67. The summed E-state index contributed by atoms with van der Waals surface area (Å²) in [4.78, 5) is 4.92. The van der Waals surface area contributed by atoms with Crippen molar-refractivity contribution in [1.29, 1.82) is 0 Å². The van der Waals surface area contributed by atoms with Crippen LogP contribution in [0.5, 0.6) is 0 Å². The predicted octanol–water partition coefficient (Wildman–Crippen LogP) is 15.3. The maximum Gasteiger partial charge on any atom is 0.0733 e. The van der Waals surface area contributed by atoms with Crippen molar-refractivity contribution in [3.63, 3.8) is 0 Å². The first-order valence-corrected chi connectivity index (χ1v) is 20.4. The van der Waals surface area contributed by atoms with E-state index in [-0.39, 0.29) is 0 Å². The van der Waals surface area contributed by atoms with Crippen molar-refractivity contribution >= 4 is 55.7 Å². The van der Waals surface area contributed by atoms with Crippen LogP contribution in [0.1, 0.15) is 22.3 Å². The van der Waals surface area contributed by atoms with E-state index in [2.05, 4.69) is 240 Å². The third-order valence-electron chi connectivity index (χ3n) is 12.6. The van der Waals surface area contributed by atoms with E-state index in [4.69, 9.17) is 0 Å². The van der Waals surface area contributed by atoms with E-state index in [1.807, 2.05) is 0 Å². The zero-order chi connectivity index (χ0) is 38.9. The van der Waals surface area contributed by atoms with Crippen molar-refractivity contribution in [2.75, 3.05) is 9.80 Å². The van der Waals surface area contributed by atoms with Gasteiger partial charge in [0.15, 0.2) is 0 Å². The minimum Gasteiger partial charge on any atom is -0.310 e. The topological polar surface area (TPSA) is 6.48 Å². The molecule has 0 saturated heterocycles. The normalized spacial score (nSPS) is 14.5. The van der Waals surface area contributed by atoms with Crippen LogP contribution in [0.2, 0.25) is 0 Å².